The highest BCUT2D eigenvalue weighted by atomic mass is 19.4. The summed E-state index contributed by atoms with van der Waals surface area (Å²) in [5, 5.41) is 2.17. The maximum absolute atomic E-state index is 12.8. The van der Waals surface area contributed by atoms with E-state index in [0.717, 1.165) is 23.9 Å². The van der Waals surface area contributed by atoms with Crippen molar-refractivity contribution in [2.45, 2.75) is 33.1 Å². The number of ketones is 1. The number of halogens is 3. The van der Waals surface area contributed by atoms with Crippen molar-refractivity contribution in [3.63, 3.8) is 0 Å². The Balaban J connectivity index is 1.59. The van der Waals surface area contributed by atoms with Gasteiger partial charge < -0.3 is 9.47 Å². The molecule has 1 aromatic carbocycles. The van der Waals surface area contributed by atoms with Crippen LogP contribution in [0.5, 0.6) is 11.5 Å². The predicted octanol–water partition coefficient (Wildman–Crippen LogP) is 5.94. The van der Waals surface area contributed by atoms with E-state index < -0.39 is 17.8 Å². The van der Waals surface area contributed by atoms with Gasteiger partial charge in [-0.1, -0.05) is 13.0 Å². The van der Waals surface area contributed by atoms with Crippen LogP contribution in [0.2, 0.25) is 0 Å². The number of aromatic nitrogens is 2. The van der Waals surface area contributed by atoms with Crippen LogP contribution in [0.4, 0.5) is 23.8 Å². The fraction of sp³-hybridized carbons (Fsp3) is 0.217. The summed E-state index contributed by atoms with van der Waals surface area (Å²) in [7, 11) is 0. The van der Waals surface area contributed by atoms with E-state index in [-0.39, 0.29) is 18.2 Å². The van der Waals surface area contributed by atoms with E-state index in [1.807, 2.05) is 0 Å². The molecule has 7 nitrogen and oxygen atoms in total. The van der Waals surface area contributed by atoms with Crippen LogP contribution in [-0.2, 0) is 17.5 Å². The van der Waals surface area contributed by atoms with E-state index in [1.165, 1.54) is 6.20 Å². The number of nitrogens with one attached hydrogen (secondary N) is 1. The first-order chi connectivity index (χ1) is 15.7. The van der Waals surface area contributed by atoms with Crippen LogP contribution in [0.3, 0.4) is 0 Å². The summed E-state index contributed by atoms with van der Waals surface area (Å²) < 4.78 is 49.2. The summed E-state index contributed by atoms with van der Waals surface area (Å²) in [4.78, 5) is 31.5. The molecular weight excluding hydrogens is 439 g/mol. The van der Waals surface area contributed by atoms with Crippen molar-refractivity contribution in [2.75, 3.05) is 5.32 Å². The van der Waals surface area contributed by atoms with Gasteiger partial charge in [0.25, 0.3) is 0 Å². The van der Waals surface area contributed by atoms with Crippen LogP contribution in [0, 0.1) is 6.92 Å². The van der Waals surface area contributed by atoms with E-state index in [0.29, 0.717) is 29.2 Å². The molecule has 3 aromatic rings. The van der Waals surface area contributed by atoms with Crippen molar-refractivity contribution in [3.05, 3.63) is 77.2 Å². The van der Waals surface area contributed by atoms with E-state index in [4.69, 9.17) is 9.47 Å². The number of ether oxygens (including phenoxy) is 2. The second-order valence-electron chi connectivity index (χ2n) is 6.98. The van der Waals surface area contributed by atoms with Gasteiger partial charge in [-0.3, -0.25) is 15.1 Å². The van der Waals surface area contributed by atoms with Gasteiger partial charge in [-0.15, -0.1) is 0 Å². The third-order valence-corrected chi connectivity index (χ3v) is 4.49. The lowest BCUT2D eigenvalue weighted by atomic mass is 10.1. The fourth-order valence-corrected chi connectivity index (χ4v) is 2.82. The van der Waals surface area contributed by atoms with Crippen LogP contribution >= 0.6 is 0 Å². The number of alkyl halides is 3. The molecule has 0 saturated carbocycles. The van der Waals surface area contributed by atoms with Crippen LogP contribution in [-0.4, -0.2) is 21.8 Å². The van der Waals surface area contributed by atoms with E-state index >= 15 is 0 Å². The monoisotopic (exact) mass is 459 g/mol. The molecule has 1 amide bonds. The van der Waals surface area contributed by atoms with Gasteiger partial charge in [-0.2, -0.15) is 13.2 Å². The van der Waals surface area contributed by atoms with Gasteiger partial charge in [0.15, 0.2) is 5.78 Å². The zero-order chi connectivity index (χ0) is 24.0. The molecule has 0 atom stereocenters. The SMILES string of the molecule is CCC(=O)c1cc(Oc2ccc(COC(=O)Nc3cc(C(F)(F)F)ccn3)cc2C)ccn1. The molecule has 0 fully saturated rings. The first kappa shape index (κ1) is 23.7. The smallest absolute Gasteiger partial charge is 0.416 e. The highest BCUT2D eigenvalue weighted by Gasteiger charge is 2.30. The quantitative estimate of drug-likeness (QED) is 0.440. The minimum absolute atomic E-state index is 0.0942. The first-order valence-corrected chi connectivity index (χ1v) is 9.89. The molecular formula is C23H20F3N3O4. The number of hydrogen-bond donors (Lipinski definition) is 1. The Morgan fingerprint density at radius 1 is 1.03 bits per heavy atom. The molecule has 1 N–H and O–H groups in total. The molecule has 0 spiro atoms. The number of carbonyl (C=O) groups excluding carboxylic acids is 2. The third-order valence-electron chi connectivity index (χ3n) is 4.49. The number of amides is 1. The number of anilines is 1. The van der Waals surface area contributed by atoms with Gasteiger partial charge in [0.05, 0.1) is 5.56 Å². The topological polar surface area (TPSA) is 90.4 Å². The van der Waals surface area contributed by atoms with Gasteiger partial charge in [-0.25, -0.2) is 9.78 Å². The molecule has 0 aliphatic rings. The summed E-state index contributed by atoms with van der Waals surface area (Å²) in [5.74, 6) is 0.635. The third kappa shape index (κ3) is 6.52. The zero-order valence-corrected chi connectivity index (χ0v) is 17.8. The number of benzene rings is 1. The highest BCUT2D eigenvalue weighted by Crippen LogP contribution is 2.30. The van der Waals surface area contributed by atoms with Crippen molar-refractivity contribution in [1.29, 1.82) is 0 Å². The molecule has 10 heteroatoms. The lowest BCUT2D eigenvalue weighted by Gasteiger charge is -2.12. The van der Waals surface area contributed by atoms with Crippen LogP contribution in [0.1, 0.15) is 40.5 Å². The van der Waals surface area contributed by atoms with Gasteiger partial charge in [0.1, 0.15) is 29.6 Å². The fourth-order valence-electron chi connectivity index (χ4n) is 2.82. The van der Waals surface area contributed by atoms with Crippen molar-refractivity contribution in [3.8, 4) is 11.5 Å². The molecule has 2 aromatic heterocycles. The minimum atomic E-state index is -4.55. The summed E-state index contributed by atoms with van der Waals surface area (Å²) in [5.41, 5.74) is 0.776. The molecule has 0 aliphatic carbocycles. The Labute approximate surface area is 187 Å². The Morgan fingerprint density at radius 3 is 2.48 bits per heavy atom. The highest BCUT2D eigenvalue weighted by molar-refractivity contribution is 5.94. The standard InChI is InChI=1S/C23H20F3N3O4/c1-3-19(30)18-12-17(7-9-27-18)33-20-5-4-15(10-14(20)2)13-32-22(31)29-21-11-16(6-8-28-21)23(24,25)26/h4-12H,3,13H2,1-2H3,(H,28,29,31). The largest absolute Gasteiger partial charge is 0.457 e. The molecule has 0 saturated heterocycles. The van der Waals surface area contributed by atoms with E-state index in [1.54, 1.807) is 44.2 Å². The molecule has 0 bridgehead atoms. The Morgan fingerprint density at radius 2 is 1.79 bits per heavy atom. The molecule has 172 valence electrons. The lowest BCUT2D eigenvalue weighted by molar-refractivity contribution is -0.137. The lowest BCUT2D eigenvalue weighted by Crippen LogP contribution is -2.15. The average Bonchev–Trinajstić information content (AvgIpc) is 2.78. The number of carbonyl (C=O) groups is 2. The molecule has 0 unspecified atom stereocenters. The number of aryl methyl sites for hydroxylation is 1. The van der Waals surface area contributed by atoms with Crippen LogP contribution in [0.25, 0.3) is 0 Å². The molecule has 33 heavy (non-hydrogen) atoms. The van der Waals surface area contributed by atoms with Crippen molar-refractivity contribution in [2.24, 2.45) is 0 Å². The number of rotatable bonds is 7. The number of hydrogen-bond acceptors (Lipinski definition) is 6. The first-order valence-electron chi connectivity index (χ1n) is 9.89. The van der Waals surface area contributed by atoms with Gasteiger partial charge >= 0.3 is 12.3 Å². The molecule has 0 radical (unpaired) electrons. The van der Waals surface area contributed by atoms with Gasteiger partial charge in [0, 0.05) is 24.9 Å². The van der Waals surface area contributed by atoms with Crippen molar-refractivity contribution < 1.29 is 32.2 Å². The van der Waals surface area contributed by atoms with Crippen molar-refractivity contribution in [1.82, 2.24) is 9.97 Å². The maximum atomic E-state index is 12.8. The number of pyridine rings is 2. The van der Waals surface area contributed by atoms with Gasteiger partial charge in [0.2, 0.25) is 0 Å². The average molecular weight is 459 g/mol. The van der Waals surface area contributed by atoms with E-state index in [2.05, 4.69) is 15.3 Å². The summed E-state index contributed by atoms with van der Waals surface area (Å²) in [6.45, 7) is 3.43. The maximum Gasteiger partial charge on any atom is 0.416 e. The van der Waals surface area contributed by atoms with Crippen LogP contribution < -0.4 is 10.1 Å². The van der Waals surface area contributed by atoms with Crippen molar-refractivity contribution >= 4 is 17.7 Å². The predicted molar refractivity (Wildman–Crippen MR) is 113 cm³/mol. The summed E-state index contributed by atoms with van der Waals surface area (Å²) in [6, 6.07) is 9.82. The molecule has 3 rings (SSSR count). The van der Waals surface area contributed by atoms with Crippen LogP contribution in [0.15, 0.2) is 54.9 Å². The Hall–Kier alpha value is -3.95. The number of Topliss-reactive ketones (excluding diaryl/α,β-unsaturated/α-hetero) is 1. The number of nitrogens with zero attached hydrogens (tertiary/aromatic N) is 2. The second-order valence-corrected chi connectivity index (χ2v) is 6.98. The summed E-state index contributed by atoms with van der Waals surface area (Å²) >= 11 is 0. The Bertz CT molecular complexity index is 1170. The second kappa shape index (κ2) is 10.1. The van der Waals surface area contributed by atoms with Gasteiger partial charge in [-0.05, 0) is 48.4 Å². The normalized spacial score (nSPS) is 11.1. The zero-order valence-electron chi connectivity index (χ0n) is 17.8. The molecule has 2 heterocycles. The summed E-state index contributed by atoms with van der Waals surface area (Å²) in [6.07, 6.45) is -2.71. The molecule has 0 aliphatic heterocycles. The van der Waals surface area contributed by atoms with E-state index in [9.17, 15) is 22.8 Å². The Kier molecular flexibility index (Phi) is 7.27. The minimum Gasteiger partial charge on any atom is -0.457 e.